The van der Waals surface area contributed by atoms with E-state index in [2.05, 4.69) is 5.32 Å². The Morgan fingerprint density at radius 2 is 2.09 bits per heavy atom. The van der Waals surface area contributed by atoms with E-state index >= 15 is 0 Å². The molecular weight excluding hydrogens is 323 g/mol. The lowest BCUT2D eigenvalue weighted by molar-refractivity contribution is 0.0523. The third-order valence-corrected chi connectivity index (χ3v) is 4.56. The largest absolute Gasteiger partial charge is 0.381 e. The minimum atomic E-state index is -0.0514. The average molecular weight is 345 g/mol. The summed E-state index contributed by atoms with van der Waals surface area (Å²) in [5, 5.41) is 4.27. The van der Waals surface area contributed by atoms with Crippen LogP contribution < -0.4 is 5.32 Å². The summed E-state index contributed by atoms with van der Waals surface area (Å²) in [5.74, 6) is 0. The fourth-order valence-electron chi connectivity index (χ4n) is 2.62. The van der Waals surface area contributed by atoms with Crippen LogP contribution in [0.15, 0.2) is 18.2 Å². The molecule has 1 N–H and O–H groups in total. The molecule has 1 aliphatic heterocycles. The molecule has 1 heterocycles. The Morgan fingerprint density at radius 1 is 1.41 bits per heavy atom. The van der Waals surface area contributed by atoms with Gasteiger partial charge in [-0.2, -0.15) is 0 Å². The van der Waals surface area contributed by atoms with Crippen LogP contribution in [0.1, 0.15) is 25.3 Å². The molecule has 1 aromatic rings. The smallest absolute Gasteiger partial charge is 0.317 e. The van der Waals surface area contributed by atoms with Gasteiger partial charge in [0.2, 0.25) is 0 Å². The first kappa shape index (κ1) is 17.4. The molecule has 122 valence electrons. The molecule has 1 aromatic carbocycles. The number of hydrogen-bond acceptors (Lipinski definition) is 2. The van der Waals surface area contributed by atoms with Gasteiger partial charge in [-0.15, -0.1) is 0 Å². The van der Waals surface area contributed by atoms with E-state index in [1.165, 1.54) is 0 Å². The highest BCUT2D eigenvalue weighted by atomic mass is 35.5. The Bertz CT molecular complexity index is 519. The number of halogens is 2. The second kappa shape index (κ2) is 8.04. The minimum Gasteiger partial charge on any atom is -0.381 e. The third-order valence-electron chi connectivity index (χ3n) is 3.97. The van der Waals surface area contributed by atoms with E-state index in [1.807, 2.05) is 26.1 Å². The molecule has 0 aliphatic carbocycles. The van der Waals surface area contributed by atoms with Crippen LogP contribution in [0.2, 0.25) is 10.0 Å². The fraction of sp³-hybridized carbons (Fsp3) is 0.562. The molecule has 1 fully saturated rings. The van der Waals surface area contributed by atoms with Crippen LogP contribution in [-0.2, 0) is 11.2 Å². The number of amides is 2. The van der Waals surface area contributed by atoms with E-state index in [0.717, 1.165) is 31.6 Å². The zero-order chi connectivity index (χ0) is 16.1. The van der Waals surface area contributed by atoms with Gasteiger partial charge in [0.05, 0.1) is 0 Å². The quantitative estimate of drug-likeness (QED) is 0.903. The second-order valence-corrected chi connectivity index (χ2v) is 6.59. The first-order chi connectivity index (χ1) is 10.5. The van der Waals surface area contributed by atoms with Gasteiger partial charge in [0.1, 0.15) is 0 Å². The first-order valence-electron chi connectivity index (χ1n) is 7.52. The van der Waals surface area contributed by atoms with Crippen molar-refractivity contribution < 1.29 is 9.53 Å². The van der Waals surface area contributed by atoms with Gasteiger partial charge in [-0.1, -0.05) is 29.3 Å². The van der Waals surface area contributed by atoms with Crippen molar-refractivity contribution in [1.29, 1.82) is 0 Å². The summed E-state index contributed by atoms with van der Waals surface area (Å²) in [6.45, 7) is 3.41. The number of hydrogen-bond donors (Lipinski definition) is 1. The summed E-state index contributed by atoms with van der Waals surface area (Å²) in [6, 6.07) is 5.63. The van der Waals surface area contributed by atoms with Crippen molar-refractivity contribution in [2.45, 2.75) is 38.3 Å². The molecule has 0 bridgehead atoms. The second-order valence-electron chi connectivity index (χ2n) is 5.74. The Labute approximate surface area is 141 Å². The maximum Gasteiger partial charge on any atom is 0.317 e. The first-order valence-corrected chi connectivity index (χ1v) is 8.28. The summed E-state index contributed by atoms with van der Waals surface area (Å²) in [4.78, 5) is 14.1. The van der Waals surface area contributed by atoms with Crippen molar-refractivity contribution in [3.8, 4) is 0 Å². The Kier molecular flexibility index (Phi) is 6.36. The minimum absolute atomic E-state index is 0.00605. The van der Waals surface area contributed by atoms with E-state index in [4.69, 9.17) is 27.9 Å². The summed E-state index contributed by atoms with van der Waals surface area (Å²) in [7, 11) is 1.84. The third kappa shape index (κ3) is 4.77. The zero-order valence-corrected chi connectivity index (χ0v) is 14.5. The Balaban J connectivity index is 1.87. The molecular formula is C16H22Cl2N2O2. The van der Waals surface area contributed by atoms with Crippen molar-refractivity contribution in [2.75, 3.05) is 20.3 Å². The van der Waals surface area contributed by atoms with Gasteiger partial charge in [-0.05, 0) is 43.9 Å². The molecule has 1 unspecified atom stereocenters. The van der Waals surface area contributed by atoms with E-state index in [0.29, 0.717) is 16.5 Å². The maximum absolute atomic E-state index is 12.3. The van der Waals surface area contributed by atoms with Crippen LogP contribution in [0.25, 0.3) is 0 Å². The highest BCUT2D eigenvalue weighted by molar-refractivity contribution is 6.35. The molecule has 0 spiro atoms. The van der Waals surface area contributed by atoms with Gasteiger partial charge >= 0.3 is 6.03 Å². The van der Waals surface area contributed by atoms with Gasteiger partial charge in [0, 0.05) is 42.4 Å². The van der Waals surface area contributed by atoms with Crippen molar-refractivity contribution in [3.05, 3.63) is 33.8 Å². The van der Waals surface area contributed by atoms with Gasteiger partial charge in [0.25, 0.3) is 0 Å². The molecule has 0 radical (unpaired) electrons. The lowest BCUT2D eigenvalue weighted by Gasteiger charge is -2.32. The molecule has 4 nitrogen and oxygen atoms in total. The molecule has 2 amide bonds. The predicted molar refractivity (Wildman–Crippen MR) is 89.8 cm³/mol. The topological polar surface area (TPSA) is 41.6 Å². The van der Waals surface area contributed by atoms with Gasteiger partial charge in [-0.25, -0.2) is 4.79 Å². The average Bonchev–Trinajstić information content (AvgIpc) is 2.50. The lowest BCUT2D eigenvalue weighted by Crippen LogP contribution is -2.48. The van der Waals surface area contributed by atoms with Crippen LogP contribution in [0.3, 0.4) is 0 Å². The van der Waals surface area contributed by atoms with E-state index in [-0.39, 0.29) is 18.1 Å². The molecule has 1 atom stereocenters. The fourth-order valence-corrected chi connectivity index (χ4v) is 3.10. The van der Waals surface area contributed by atoms with Crippen LogP contribution in [0.5, 0.6) is 0 Å². The van der Waals surface area contributed by atoms with Gasteiger partial charge < -0.3 is 15.0 Å². The predicted octanol–water partition coefficient (Wildman–Crippen LogP) is 3.74. The SMILES string of the molecule is CC(Cc1ccc(Cl)cc1Cl)NC(=O)N(C)C1CCOCC1. The highest BCUT2D eigenvalue weighted by Crippen LogP contribution is 2.22. The lowest BCUT2D eigenvalue weighted by atomic mass is 10.1. The van der Waals surface area contributed by atoms with Gasteiger partial charge in [-0.3, -0.25) is 0 Å². The Hall–Kier alpha value is -0.970. The summed E-state index contributed by atoms with van der Waals surface area (Å²) >= 11 is 12.1. The number of carbonyl (C=O) groups excluding carboxylic acids is 1. The van der Waals surface area contributed by atoms with Crippen LogP contribution in [0, 0.1) is 0 Å². The Morgan fingerprint density at radius 3 is 2.73 bits per heavy atom. The molecule has 22 heavy (non-hydrogen) atoms. The number of rotatable bonds is 4. The molecule has 2 rings (SSSR count). The van der Waals surface area contributed by atoms with Crippen LogP contribution in [-0.4, -0.2) is 43.3 Å². The molecule has 6 heteroatoms. The highest BCUT2D eigenvalue weighted by Gasteiger charge is 2.23. The zero-order valence-electron chi connectivity index (χ0n) is 12.9. The molecule has 0 aromatic heterocycles. The molecule has 1 saturated heterocycles. The number of ether oxygens (including phenoxy) is 1. The summed E-state index contributed by atoms with van der Waals surface area (Å²) in [6.07, 6.45) is 2.45. The van der Waals surface area contributed by atoms with Crippen molar-refractivity contribution in [1.82, 2.24) is 10.2 Å². The molecule has 1 aliphatic rings. The molecule has 0 saturated carbocycles. The number of benzene rings is 1. The summed E-state index contributed by atoms with van der Waals surface area (Å²) in [5.41, 5.74) is 0.979. The van der Waals surface area contributed by atoms with Gasteiger partial charge in [0.15, 0.2) is 0 Å². The van der Waals surface area contributed by atoms with Crippen molar-refractivity contribution >= 4 is 29.2 Å². The number of nitrogens with zero attached hydrogens (tertiary/aromatic N) is 1. The normalized spacial score (nSPS) is 17.1. The van der Waals surface area contributed by atoms with Crippen molar-refractivity contribution in [2.24, 2.45) is 0 Å². The monoisotopic (exact) mass is 344 g/mol. The van der Waals surface area contributed by atoms with E-state index in [9.17, 15) is 4.79 Å². The maximum atomic E-state index is 12.3. The number of nitrogens with one attached hydrogen (secondary N) is 1. The standard InChI is InChI=1S/C16H22Cl2N2O2/c1-11(9-12-3-4-13(17)10-15(12)18)19-16(21)20(2)14-5-7-22-8-6-14/h3-4,10-11,14H,5-9H2,1-2H3,(H,19,21). The van der Waals surface area contributed by atoms with Crippen LogP contribution in [0.4, 0.5) is 4.79 Å². The van der Waals surface area contributed by atoms with E-state index in [1.54, 1.807) is 11.0 Å². The van der Waals surface area contributed by atoms with E-state index < -0.39 is 0 Å². The van der Waals surface area contributed by atoms with Crippen molar-refractivity contribution in [3.63, 3.8) is 0 Å². The number of carbonyl (C=O) groups is 1. The van der Waals surface area contributed by atoms with Crippen LogP contribution >= 0.6 is 23.2 Å². The summed E-state index contributed by atoms with van der Waals surface area (Å²) < 4.78 is 5.33. The number of urea groups is 1.